The van der Waals surface area contributed by atoms with E-state index < -0.39 is 7.45 Å². The van der Waals surface area contributed by atoms with Crippen molar-refractivity contribution >= 4 is 19.4 Å². The van der Waals surface area contributed by atoms with E-state index in [0.717, 1.165) is 68.0 Å². The van der Waals surface area contributed by atoms with Gasteiger partial charge in [0.1, 0.15) is 5.71 Å². The number of nitrogens with two attached hydrogens (primary N) is 1. The number of unbranched alkanes of at least 4 members (excludes halogenated alkanes) is 27. The first kappa shape index (κ1) is 75.6. The van der Waals surface area contributed by atoms with E-state index in [2.05, 4.69) is 38.0 Å². The number of aliphatic imine (C=N–C) groups is 1. The highest BCUT2D eigenvalue weighted by Crippen LogP contribution is 2.42. The van der Waals surface area contributed by atoms with Crippen molar-refractivity contribution in [3.63, 3.8) is 0 Å². The average molecular weight is 1160 g/mol. The number of hydrogen-bond donors (Lipinski definition) is 1. The van der Waals surface area contributed by atoms with E-state index in [-0.39, 0.29) is 19.4 Å². The van der Waals surface area contributed by atoms with Gasteiger partial charge in [0.25, 0.3) is 0 Å². The minimum atomic E-state index is -3.52. The van der Waals surface area contributed by atoms with Gasteiger partial charge in [0.2, 0.25) is 13.2 Å². The van der Waals surface area contributed by atoms with Crippen molar-refractivity contribution < 1.29 is 60.9 Å². The van der Waals surface area contributed by atoms with Crippen LogP contribution in [-0.2, 0) is 49.0 Å². The Labute approximate surface area is 487 Å². The van der Waals surface area contributed by atoms with Crippen molar-refractivity contribution in [1.82, 2.24) is 0 Å². The molecule has 470 valence electrons. The van der Waals surface area contributed by atoms with E-state index >= 15 is 0 Å². The van der Waals surface area contributed by atoms with Gasteiger partial charge in [0, 0.05) is 12.9 Å². The largest absolute Gasteiger partial charge is 0.490 e. The molecule has 0 saturated carbocycles. The Kier molecular flexibility index (Phi) is 56.5. The summed E-state index contributed by atoms with van der Waals surface area (Å²) in [5.74, 6) is 7.96. The molecule has 80 heavy (non-hydrogen) atoms. The van der Waals surface area contributed by atoms with Crippen LogP contribution in [0.2, 0.25) is 0 Å². The van der Waals surface area contributed by atoms with Crippen molar-refractivity contribution in [3.8, 4) is 17.2 Å². The Balaban J connectivity index is 2.58. The standard InChI is InChI=1S/C63H119FN3O12P/c1-5-8-11-14-17-20-23-26-29-32-35-77-61-54-59(55-62(78-36-33-30-27-24-21-18-15-12-9-6-2)63(61)79-37-34-31-28-25-22-19-16-13-10-7-3)56-66-57-60(67-65)58-76-51-50-74-47-46-72-43-42-70-39-38-69-40-41-71-44-45-73-48-49-75-52-53-80(4,64)68/h54-55,57H,5-53,56,58,65H2,1-4H3. The molecule has 0 amide bonds. The van der Waals surface area contributed by atoms with Crippen LogP contribution in [0.1, 0.15) is 219 Å². The van der Waals surface area contributed by atoms with Gasteiger partial charge >= 0.3 is 0 Å². The van der Waals surface area contributed by atoms with Crippen LogP contribution < -0.4 is 20.1 Å². The fraction of sp³-hybridized carbons (Fsp3) is 0.873. The first-order valence-electron chi connectivity index (χ1n) is 32.0. The molecule has 0 spiro atoms. The van der Waals surface area contributed by atoms with Crippen molar-refractivity contribution in [2.45, 2.75) is 220 Å². The van der Waals surface area contributed by atoms with E-state index in [9.17, 15) is 8.76 Å². The molecule has 0 heterocycles. The van der Waals surface area contributed by atoms with Gasteiger partial charge in [0.05, 0.1) is 138 Å². The Morgan fingerprint density at radius 2 is 0.713 bits per heavy atom. The molecule has 0 aliphatic carbocycles. The Bertz CT molecular complexity index is 1530. The number of nitrogens with zero attached hydrogens (tertiary/aromatic N) is 2. The lowest BCUT2D eigenvalue weighted by molar-refractivity contribution is -0.0221. The molecule has 1 unspecified atom stereocenters. The van der Waals surface area contributed by atoms with Crippen LogP contribution in [0, 0.1) is 0 Å². The molecule has 0 radical (unpaired) electrons. The summed E-state index contributed by atoms with van der Waals surface area (Å²) >= 11 is 0. The van der Waals surface area contributed by atoms with Gasteiger partial charge in [-0.25, -0.2) is 0 Å². The first-order chi connectivity index (χ1) is 39.3. The maximum absolute atomic E-state index is 13.0. The average Bonchev–Trinajstić information content (AvgIpc) is 3.45. The van der Waals surface area contributed by atoms with Gasteiger partial charge < -0.3 is 57.9 Å². The van der Waals surface area contributed by atoms with Crippen LogP contribution in [0.5, 0.6) is 17.2 Å². The summed E-state index contributed by atoms with van der Waals surface area (Å²) in [7, 11) is -3.52. The Morgan fingerprint density at radius 1 is 0.425 bits per heavy atom. The molecule has 2 N–H and O–H groups in total. The number of hydrogen-bond acceptors (Lipinski definition) is 15. The fourth-order valence-electron chi connectivity index (χ4n) is 8.69. The predicted molar refractivity (Wildman–Crippen MR) is 328 cm³/mol. The molecule has 0 bridgehead atoms. The maximum atomic E-state index is 13.0. The van der Waals surface area contributed by atoms with Crippen LogP contribution >= 0.6 is 7.45 Å². The van der Waals surface area contributed by atoms with Crippen LogP contribution in [0.15, 0.2) is 22.2 Å². The van der Waals surface area contributed by atoms with E-state index in [1.54, 1.807) is 6.21 Å². The minimum absolute atomic E-state index is 0.0706. The second kappa shape index (κ2) is 59.7. The zero-order valence-corrected chi connectivity index (χ0v) is 52.4. The number of benzene rings is 1. The van der Waals surface area contributed by atoms with Crippen molar-refractivity contribution in [2.75, 3.05) is 138 Å². The summed E-state index contributed by atoms with van der Waals surface area (Å²) in [4.78, 5) is 4.74. The SMILES string of the molecule is CCCCCCCCCCCCOc1cc(CN=CC(COCCOCCOCCOCCOCCOCCOCCOCCP(C)(=O)F)=NN)cc(OCCCCCCCCCCCC)c1OCCCCCCCCCCCC. The smallest absolute Gasteiger partial charge is 0.243 e. The lowest BCUT2D eigenvalue weighted by Crippen LogP contribution is -2.17. The molecule has 0 aliphatic rings. The summed E-state index contributed by atoms with van der Waals surface area (Å²) in [6.07, 6.45) is 39.9. The summed E-state index contributed by atoms with van der Waals surface area (Å²) in [5.41, 5.74) is 1.50. The highest BCUT2D eigenvalue weighted by atomic mass is 31.2. The molecular weight excluding hydrogens is 1040 g/mol. The third-order valence-corrected chi connectivity index (χ3v) is 14.5. The molecule has 1 aromatic rings. The number of halogens is 1. The molecule has 1 aromatic carbocycles. The first-order valence-corrected chi connectivity index (χ1v) is 34.3. The monoisotopic (exact) mass is 1160 g/mol. The molecule has 0 fully saturated rings. The molecule has 17 heteroatoms. The zero-order valence-electron chi connectivity index (χ0n) is 51.5. The molecule has 1 rings (SSSR count). The van der Waals surface area contributed by atoms with E-state index in [4.69, 9.17) is 62.9 Å². The summed E-state index contributed by atoms with van der Waals surface area (Å²) in [6.45, 7) is 16.5. The van der Waals surface area contributed by atoms with Gasteiger partial charge in [-0.05, 0) is 37.0 Å². The minimum Gasteiger partial charge on any atom is -0.490 e. The van der Waals surface area contributed by atoms with Gasteiger partial charge in [-0.15, -0.1) is 0 Å². The van der Waals surface area contributed by atoms with Gasteiger partial charge in [-0.3, -0.25) is 9.56 Å². The van der Waals surface area contributed by atoms with Gasteiger partial charge in [-0.1, -0.05) is 194 Å². The number of hydrazone groups is 1. The van der Waals surface area contributed by atoms with Crippen LogP contribution in [0.25, 0.3) is 0 Å². The number of rotatable bonds is 65. The lowest BCUT2D eigenvalue weighted by Gasteiger charge is -2.19. The summed E-state index contributed by atoms with van der Waals surface area (Å²) < 4.78 is 88.0. The topological polar surface area (TPSA) is 169 Å². The Hall–Kier alpha value is -2.40. The molecule has 0 saturated heterocycles. The highest BCUT2D eigenvalue weighted by molar-refractivity contribution is 7.57. The predicted octanol–water partition coefficient (Wildman–Crippen LogP) is 15.5. The molecule has 0 aromatic heterocycles. The fourth-order valence-corrected chi connectivity index (χ4v) is 9.15. The third kappa shape index (κ3) is 52.4. The third-order valence-electron chi connectivity index (χ3n) is 13.5. The van der Waals surface area contributed by atoms with Crippen LogP contribution in [-0.4, -0.2) is 150 Å². The second-order valence-electron chi connectivity index (χ2n) is 21.2. The molecule has 15 nitrogen and oxygen atoms in total. The second-order valence-corrected chi connectivity index (χ2v) is 23.6. The summed E-state index contributed by atoms with van der Waals surface area (Å²) in [5, 5.41) is 3.93. The quantitative estimate of drug-likeness (QED) is 0.0215. The molecule has 0 aliphatic heterocycles. The van der Waals surface area contributed by atoms with Gasteiger partial charge in [-0.2, -0.15) is 9.30 Å². The van der Waals surface area contributed by atoms with Crippen LogP contribution in [0.3, 0.4) is 0 Å². The van der Waals surface area contributed by atoms with Crippen molar-refractivity contribution in [1.29, 1.82) is 0 Å². The summed E-state index contributed by atoms with van der Waals surface area (Å²) in [6, 6.07) is 4.15. The van der Waals surface area contributed by atoms with Crippen molar-refractivity contribution in [3.05, 3.63) is 17.7 Å². The maximum Gasteiger partial charge on any atom is 0.243 e. The van der Waals surface area contributed by atoms with E-state index in [1.165, 1.54) is 154 Å². The van der Waals surface area contributed by atoms with E-state index in [0.29, 0.717) is 125 Å². The molecule has 1 atom stereocenters. The lowest BCUT2D eigenvalue weighted by atomic mass is 10.1. The number of ether oxygens (including phenoxy) is 11. The van der Waals surface area contributed by atoms with Crippen molar-refractivity contribution in [2.24, 2.45) is 15.9 Å². The van der Waals surface area contributed by atoms with Crippen LogP contribution in [0.4, 0.5) is 4.20 Å². The van der Waals surface area contributed by atoms with Gasteiger partial charge in [0.15, 0.2) is 11.5 Å². The highest BCUT2D eigenvalue weighted by Gasteiger charge is 2.17. The van der Waals surface area contributed by atoms with E-state index in [1.807, 2.05) is 0 Å². The Morgan fingerprint density at radius 3 is 1.02 bits per heavy atom. The normalized spacial score (nSPS) is 12.7. The zero-order chi connectivity index (χ0) is 57.8. The molecular formula is C63H119FN3O12P.